The van der Waals surface area contributed by atoms with E-state index in [-0.39, 0.29) is 12.1 Å². The Balaban J connectivity index is 1.74. The van der Waals surface area contributed by atoms with Gasteiger partial charge in [-0.15, -0.1) is 0 Å². The van der Waals surface area contributed by atoms with Crippen LogP contribution < -0.4 is 19.8 Å². The summed E-state index contributed by atoms with van der Waals surface area (Å²) in [5.41, 5.74) is 2.44. The van der Waals surface area contributed by atoms with Gasteiger partial charge in [0, 0.05) is 5.92 Å². The molecule has 33 heavy (non-hydrogen) atoms. The van der Waals surface area contributed by atoms with Gasteiger partial charge >= 0.3 is 0 Å². The minimum Gasteiger partial charge on any atom is -0.497 e. The number of hydrazine groups is 1. The standard InChI is InChI=1S/C23H24FN3O6/c1-14(2)22(30)27(25-20(28)13-33-18-9-7-17(32-3)8-10-18)19-12-21(29)26(23(19)31)16-6-4-5-15(24)11-16/h4-11,14,19H,12-13H2,1-3H3,(H,25,28). The Morgan fingerprint density at radius 1 is 1.15 bits per heavy atom. The first-order chi connectivity index (χ1) is 15.7. The van der Waals surface area contributed by atoms with Crippen LogP contribution in [0.1, 0.15) is 20.3 Å². The summed E-state index contributed by atoms with van der Waals surface area (Å²) < 4.78 is 24.1. The zero-order valence-corrected chi connectivity index (χ0v) is 18.4. The molecule has 10 heteroatoms. The van der Waals surface area contributed by atoms with Gasteiger partial charge in [0.25, 0.3) is 11.8 Å². The highest BCUT2D eigenvalue weighted by molar-refractivity contribution is 6.23. The number of nitrogens with zero attached hydrogens (tertiary/aromatic N) is 2. The molecule has 1 aliphatic heterocycles. The maximum atomic E-state index is 13.6. The Morgan fingerprint density at radius 2 is 1.82 bits per heavy atom. The second-order valence-corrected chi connectivity index (χ2v) is 7.63. The molecule has 3 rings (SSSR count). The third-order valence-corrected chi connectivity index (χ3v) is 4.91. The van der Waals surface area contributed by atoms with Crippen LogP contribution in [-0.4, -0.2) is 48.4 Å². The molecule has 0 bridgehead atoms. The summed E-state index contributed by atoms with van der Waals surface area (Å²) in [5.74, 6) is -2.76. The molecule has 0 spiro atoms. The van der Waals surface area contributed by atoms with Crippen LogP contribution >= 0.6 is 0 Å². The number of ether oxygens (including phenoxy) is 2. The first-order valence-electron chi connectivity index (χ1n) is 10.2. The Labute approximate surface area is 190 Å². The largest absolute Gasteiger partial charge is 0.497 e. The van der Waals surface area contributed by atoms with Gasteiger partial charge < -0.3 is 9.47 Å². The summed E-state index contributed by atoms with van der Waals surface area (Å²) in [6.07, 6.45) is -0.354. The molecule has 0 saturated carbocycles. The van der Waals surface area contributed by atoms with Crippen LogP contribution in [0.3, 0.4) is 0 Å². The van der Waals surface area contributed by atoms with Crippen molar-refractivity contribution < 1.29 is 33.0 Å². The predicted molar refractivity (Wildman–Crippen MR) is 116 cm³/mol. The fourth-order valence-electron chi connectivity index (χ4n) is 3.26. The molecule has 0 radical (unpaired) electrons. The number of amides is 4. The second kappa shape index (κ2) is 10.1. The molecule has 1 heterocycles. The summed E-state index contributed by atoms with van der Waals surface area (Å²) in [7, 11) is 1.52. The van der Waals surface area contributed by atoms with E-state index in [9.17, 15) is 23.6 Å². The third-order valence-electron chi connectivity index (χ3n) is 4.91. The van der Waals surface area contributed by atoms with Gasteiger partial charge in [0.1, 0.15) is 23.4 Å². The normalized spacial score (nSPS) is 15.5. The molecule has 0 aromatic heterocycles. The lowest BCUT2D eigenvalue weighted by atomic mass is 10.1. The highest BCUT2D eigenvalue weighted by atomic mass is 19.1. The van der Waals surface area contributed by atoms with E-state index in [2.05, 4.69) is 5.43 Å². The van der Waals surface area contributed by atoms with Crippen molar-refractivity contribution in [2.24, 2.45) is 5.92 Å². The van der Waals surface area contributed by atoms with E-state index in [0.717, 1.165) is 16.0 Å². The van der Waals surface area contributed by atoms with Crippen LogP contribution in [0.5, 0.6) is 11.5 Å². The van der Waals surface area contributed by atoms with Crippen molar-refractivity contribution in [2.45, 2.75) is 26.3 Å². The lowest BCUT2D eigenvalue weighted by molar-refractivity contribution is -0.150. The number of carbonyl (C=O) groups excluding carboxylic acids is 4. The van der Waals surface area contributed by atoms with Crippen molar-refractivity contribution >= 4 is 29.3 Å². The summed E-state index contributed by atoms with van der Waals surface area (Å²) in [5, 5.41) is 0.865. The van der Waals surface area contributed by atoms with E-state index in [1.54, 1.807) is 38.1 Å². The zero-order valence-electron chi connectivity index (χ0n) is 18.4. The van der Waals surface area contributed by atoms with Gasteiger partial charge in [-0.25, -0.2) is 14.3 Å². The molecule has 1 saturated heterocycles. The number of rotatable bonds is 7. The number of methoxy groups -OCH3 is 1. The highest BCUT2D eigenvalue weighted by Crippen LogP contribution is 2.26. The number of anilines is 1. The van der Waals surface area contributed by atoms with Crippen molar-refractivity contribution in [3.05, 3.63) is 54.3 Å². The minimum atomic E-state index is -1.26. The molecule has 2 aromatic carbocycles. The number of hydrogen-bond donors (Lipinski definition) is 1. The lowest BCUT2D eigenvalue weighted by Crippen LogP contribution is -2.56. The average Bonchev–Trinajstić information content (AvgIpc) is 3.09. The van der Waals surface area contributed by atoms with E-state index < -0.39 is 48.0 Å². The van der Waals surface area contributed by atoms with Gasteiger partial charge in [-0.3, -0.25) is 24.6 Å². The van der Waals surface area contributed by atoms with Gasteiger partial charge in [0.2, 0.25) is 11.8 Å². The molecule has 1 fully saturated rings. The van der Waals surface area contributed by atoms with E-state index in [1.807, 2.05) is 0 Å². The van der Waals surface area contributed by atoms with E-state index in [4.69, 9.17) is 9.47 Å². The van der Waals surface area contributed by atoms with Crippen molar-refractivity contribution in [1.82, 2.24) is 10.4 Å². The topological polar surface area (TPSA) is 105 Å². The molecule has 174 valence electrons. The number of hydrogen-bond acceptors (Lipinski definition) is 6. The van der Waals surface area contributed by atoms with Gasteiger partial charge in [0.15, 0.2) is 6.61 Å². The number of halogens is 1. The summed E-state index contributed by atoms with van der Waals surface area (Å²) in [4.78, 5) is 51.7. The van der Waals surface area contributed by atoms with Crippen LogP contribution in [-0.2, 0) is 19.2 Å². The molecule has 0 aliphatic carbocycles. The molecule has 1 aliphatic rings. The first kappa shape index (κ1) is 23.7. The number of imide groups is 1. The monoisotopic (exact) mass is 457 g/mol. The average molecular weight is 457 g/mol. The van der Waals surface area contributed by atoms with Crippen LogP contribution in [0.25, 0.3) is 0 Å². The van der Waals surface area contributed by atoms with Crippen molar-refractivity contribution in [1.29, 1.82) is 0 Å². The Kier molecular flexibility index (Phi) is 7.27. The number of carbonyl (C=O) groups is 4. The molecule has 9 nitrogen and oxygen atoms in total. The fourth-order valence-corrected chi connectivity index (χ4v) is 3.26. The highest BCUT2D eigenvalue weighted by Gasteiger charge is 2.45. The van der Waals surface area contributed by atoms with Crippen LogP contribution in [0, 0.1) is 11.7 Å². The smallest absolute Gasteiger partial charge is 0.276 e. The second-order valence-electron chi connectivity index (χ2n) is 7.63. The van der Waals surface area contributed by atoms with Crippen molar-refractivity contribution in [3.8, 4) is 11.5 Å². The van der Waals surface area contributed by atoms with Gasteiger partial charge in [-0.2, -0.15) is 0 Å². The molecule has 1 N–H and O–H groups in total. The van der Waals surface area contributed by atoms with Crippen LogP contribution in [0.4, 0.5) is 10.1 Å². The molecule has 4 amide bonds. The van der Waals surface area contributed by atoms with Crippen LogP contribution in [0.2, 0.25) is 0 Å². The van der Waals surface area contributed by atoms with Gasteiger partial charge in [0.05, 0.1) is 19.2 Å². The SMILES string of the molecule is COc1ccc(OCC(=O)NN(C(=O)C(C)C)C2CC(=O)N(c3cccc(F)c3)C2=O)cc1. The Morgan fingerprint density at radius 3 is 2.42 bits per heavy atom. The maximum Gasteiger partial charge on any atom is 0.276 e. The Bertz CT molecular complexity index is 1060. The van der Waals surface area contributed by atoms with Crippen LogP contribution in [0.15, 0.2) is 48.5 Å². The summed E-state index contributed by atoms with van der Waals surface area (Å²) >= 11 is 0. The molecular formula is C23H24FN3O6. The lowest BCUT2D eigenvalue weighted by Gasteiger charge is -2.29. The number of nitrogens with one attached hydrogen (secondary N) is 1. The quantitative estimate of drug-likeness (QED) is 0.504. The fraction of sp³-hybridized carbons (Fsp3) is 0.304. The predicted octanol–water partition coefficient (Wildman–Crippen LogP) is 2.06. The van der Waals surface area contributed by atoms with Gasteiger partial charge in [-0.1, -0.05) is 19.9 Å². The van der Waals surface area contributed by atoms with E-state index >= 15 is 0 Å². The third kappa shape index (κ3) is 5.46. The zero-order chi connectivity index (χ0) is 24.1. The number of benzene rings is 2. The summed E-state index contributed by atoms with van der Waals surface area (Å²) in [6.45, 7) is 2.76. The van der Waals surface area contributed by atoms with Gasteiger partial charge in [-0.05, 0) is 42.5 Å². The first-order valence-corrected chi connectivity index (χ1v) is 10.2. The van der Waals surface area contributed by atoms with E-state index in [0.29, 0.717) is 11.5 Å². The van der Waals surface area contributed by atoms with Crippen molar-refractivity contribution in [2.75, 3.05) is 18.6 Å². The molecule has 1 unspecified atom stereocenters. The molecule has 1 atom stereocenters. The minimum absolute atomic E-state index is 0.0543. The van der Waals surface area contributed by atoms with Crippen molar-refractivity contribution in [3.63, 3.8) is 0 Å². The summed E-state index contributed by atoms with van der Waals surface area (Å²) in [6, 6.07) is 10.3. The van der Waals surface area contributed by atoms with E-state index in [1.165, 1.54) is 25.3 Å². The molecular weight excluding hydrogens is 433 g/mol. The Hall–Kier alpha value is -3.95. The maximum absolute atomic E-state index is 13.6. The molecule has 2 aromatic rings.